The summed E-state index contributed by atoms with van der Waals surface area (Å²) in [5.74, 6) is 0.618. The topological polar surface area (TPSA) is 81.3 Å². The SMILES string of the molecule is CCCCn1c(=O)c2sccc2n2c(SCC(=O)Nc3ccccc3C)nnc12. The number of anilines is 1. The van der Waals surface area contributed by atoms with Gasteiger partial charge in [0.05, 0.1) is 11.3 Å². The van der Waals surface area contributed by atoms with Crippen LogP contribution in [0.15, 0.2) is 45.7 Å². The number of benzene rings is 1. The molecule has 0 aliphatic rings. The Morgan fingerprint density at radius 3 is 2.86 bits per heavy atom. The van der Waals surface area contributed by atoms with E-state index >= 15 is 0 Å². The number of hydrogen-bond donors (Lipinski definition) is 1. The first-order chi connectivity index (χ1) is 14.1. The van der Waals surface area contributed by atoms with Crippen molar-refractivity contribution in [2.24, 2.45) is 0 Å². The number of nitrogens with zero attached hydrogens (tertiary/aromatic N) is 4. The summed E-state index contributed by atoms with van der Waals surface area (Å²) in [6.07, 6.45) is 1.87. The fourth-order valence-electron chi connectivity index (χ4n) is 3.14. The number of thioether (sulfide) groups is 1. The van der Waals surface area contributed by atoms with Gasteiger partial charge in [0.25, 0.3) is 5.56 Å². The molecule has 0 aliphatic heterocycles. The van der Waals surface area contributed by atoms with E-state index < -0.39 is 0 Å². The molecule has 4 rings (SSSR count). The van der Waals surface area contributed by atoms with E-state index in [1.165, 1.54) is 23.1 Å². The highest BCUT2D eigenvalue weighted by atomic mass is 32.2. The Bertz CT molecular complexity index is 1240. The van der Waals surface area contributed by atoms with Gasteiger partial charge in [-0.25, -0.2) is 0 Å². The normalized spacial score (nSPS) is 11.4. The molecule has 0 unspecified atom stereocenters. The lowest BCUT2D eigenvalue weighted by molar-refractivity contribution is -0.113. The number of rotatable bonds is 7. The summed E-state index contributed by atoms with van der Waals surface area (Å²) >= 11 is 2.73. The molecule has 3 aromatic heterocycles. The van der Waals surface area contributed by atoms with Gasteiger partial charge in [-0.3, -0.25) is 18.6 Å². The second-order valence-electron chi connectivity index (χ2n) is 6.72. The zero-order valence-electron chi connectivity index (χ0n) is 16.2. The van der Waals surface area contributed by atoms with Crippen LogP contribution in [0.25, 0.3) is 16.0 Å². The van der Waals surface area contributed by atoms with Crippen molar-refractivity contribution < 1.29 is 4.79 Å². The monoisotopic (exact) mass is 427 g/mol. The molecule has 9 heteroatoms. The molecule has 1 aromatic carbocycles. The molecule has 3 heterocycles. The Morgan fingerprint density at radius 2 is 2.07 bits per heavy atom. The number of thiophene rings is 1. The van der Waals surface area contributed by atoms with E-state index in [9.17, 15) is 9.59 Å². The highest BCUT2D eigenvalue weighted by Crippen LogP contribution is 2.25. The van der Waals surface area contributed by atoms with Gasteiger partial charge in [-0.05, 0) is 36.4 Å². The van der Waals surface area contributed by atoms with Crippen molar-refractivity contribution in [2.75, 3.05) is 11.1 Å². The molecule has 0 bridgehead atoms. The Morgan fingerprint density at radius 1 is 1.24 bits per heavy atom. The average Bonchev–Trinajstić information content (AvgIpc) is 3.35. The fraction of sp³-hybridized carbons (Fsp3) is 0.300. The van der Waals surface area contributed by atoms with Crippen LogP contribution in [-0.2, 0) is 11.3 Å². The number of aromatic nitrogens is 4. The minimum absolute atomic E-state index is 0.0304. The lowest BCUT2D eigenvalue weighted by atomic mass is 10.2. The first-order valence-corrected chi connectivity index (χ1v) is 11.3. The highest BCUT2D eigenvalue weighted by Gasteiger charge is 2.18. The highest BCUT2D eigenvalue weighted by molar-refractivity contribution is 7.99. The number of carbonyl (C=O) groups is 1. The molecule has 4 aromatic rings. The summed E-state index contributed by atoms with van der Waals surface area (Å²) in [4.78, 5) is 25.3. The molecule has 0 fully saturated rings. The van der Waals surface area contributed by atoms with E-state index in [0.717, 1.165) is 29.6 Å². The molecule has 1 N–H and O–H groups in total. The summed E-state index contributed by atoms with van der Waals surface area (Å²) in [5, 5.41) is 14.0. The molecule has 7 nitrogen and oxygen atoms in total. The second-order valence-corrected chi connectivity index (χ2v) is 8.57. The van der Waals surface area contributed by atoms with Gasteiger partial charge in [0.1, 0.15) is 4.70 Å². The predicted molar refractivity (Wildman–Crippen MR) is 118 cm³/mol. The fourth-order valence-corrected chi connectivity index (χ4v) is 4.70. The number of nitrogens with one attached hydrogen (secondary N) is 1. The van der Waals surface area contributed by atoms with Crippen molar-refractivity contribution in [2.45, 2.75) is 38.4 Å². The zero-order valence-corrected chi connectivity index (χ0v) is 17.8. The van der Waals surface area contributed by atoms with Crippen molar-refractivity contribution in [3.05, 3.63) is 51.6 Å². The van der Waals surface area contributed by atoms with Gasteiger partial charge in [0.15, 0.2) is 5.16 Å². The van der Waals surface area contributed by atoms with Crippen LogP contribution < -0.4 is 10.9 Å². The first-order valence-electron chi connectivity index (χ1n) is 9.43. The summed E-state index contributed by atoms with van der Waals surface area (Å²) in [7, 11) is 0. The van der Waals surface area contributed by atoms with Crippen molar-refractivity contribution >= 4 is 50.7 Å². The molecule has 0 radical (unpaired) electrons. The largest absolute Gasteiger partial charge is 0.325 e. The predicted octanol–water partition coefficient (Wildman–Crippen LogP) is 3.95. The van der Waals surface area contributed by atoms with Crippen molar-refractivity contribution in [1.29, 1.82) is 0 Å². The maximum absolute atomic E-state index is 12.8. The van der Waals surface area contributed by atoms with E-state index in [4.69, 9.17) is 0 Å². The minimum atomic E-state index is -0.109. The van der Waals surface area contributed by atoms with Crippen LogP contribution in [0.4, 0.5) is 5.69 Å². The maximum atomic E-state index is 12.8. The minimum Gasteiger partial charge on any atom is -0.325 e. The Hall–Kier alpha value is -2.65. The van der Waals surface area contributed by atoms with E-state index in [2.05, 4.69) is 22.4 Å². The molecule has 0 spiro atoms. The average molecular weight is 428 g/mol. The molecule has 0 saturated heterocycles. The molecular formula is C20H21N5O2S2. The number of para-hydroxylation sites is 1. The van der Waals surface area contributed by atoms with Gasteiger partial charge in [0.2, 0.25) is 11.7 Å². The number of fused-ring (bicyclic) bond motifs is 3. The zero-order chi connectivity index (χ0) is 20.4. The quantitative estimate of drug-likeness (QED) is 0.452. The number of amides is 1. The molecule has 1 amide bonds. The van der Waals surface area contributed by atoms with Crippen molar-refractivity contribution in [1.82, 2.24) is 19.2 Å². The van der Waals surface area contributed by atoms with Crippen LogP contribution in [-0.4, -0.2) is 30.8 Å². The van der Waals surface area contributed by atoms with Crippen LogP contribution in [0.2, 0.25) is 0 Å². The molecule has 29 heavy (non-hydrogen) atoms. The van der Waals surface area contributed by atoms with Gasteiger partial charge >= 0.3 is 0 Å². The van der Waals surface area contributed by atoms with Crippen molar-refractivity contribution in [3.63, 3.8) is 0 Å². The third kappa shape index (κ3) is 3.79. The van der Waals surface area contributed by atoms with E-state index in [1.54, 1.807) is 4.57 Å². The number of unbranched alkanes of at least 4 members (excludes halogenated alkanes) is 1. The molecular weight excluding hydrogens is 406 g/mol. The molecule has 0 saturated carbocycles. The maximum Gasteiger partial charge on any atom is 0.272 e. The summed E-state index contributed by atoms with van der Waals surface area (Å²) in [6.45, 7) is 4.64. The third-order valence-electron chi connectivity index (χ3n) is 4.67. The standard InChI is InChI=1S/C20H21N5O2S2/c1-3-4-10-24-18(27)17-15(9-11-28-17)25-19(24)22-23-20(25)29-12-16(26)21-14-8-6-5-7-13(14)2/h5-9,11H,3-4,10,12H2,1-2H3,(H,21,26). The van der Waals surface area contributed by atoms with Crippen LogP contribution in [0.5, 0.6) is 0 Å². The molecule has 0 atom stereocenters. The Labute approximate surface area is 175 Å². The molecule has 150 valence electrons. The number of aryl methyl sites for hydroxylation is 2. The van der Waals surface area contributed by atoms with Crippen molar-refractivity contribution in [3.8, 4) is 0 Å². The number of carbonyl (C=O) groups excluding carboxylic acids is 1. The van der Waals surface area contributed by atoms with Gasteiger partial charge in [-0.15, -0.1) is 21.5 Å². The van der Waals surface area contributed by atoms with Crippen LogP contribution >= 0.6 is 23.1 Å². The lowest BCUT2D eigenvalue weighted by Gasteiger charge is -2.09. The first kappa shape index (κ1) is 19.7. The van der Waals surface area contributed by atoms with Crippen LogP contribution in [0, 0.1) is 6.92 Å². The van der Waals surface area contributed by atoms with E-state index in [0.29, 0.717) is 22.2 Å². The Kier molecular flexibility index (Phi) is 5.68. The summed E-state index contributed by atoms with van der Waals surface area (Å²) in [5.41, 5.74) is 2.57. The van der Waals surface area contributed by atoms with Gasteiger partial charge < -0.3 is 5.32 Å². The van der Waals surface area contributed by atoms with Crippen LogP contribution in [0.1, 0.15) is 25.3 Å². The smallest absolute Gasteiger partial charge is 0.272 e. The lowest BCUT2D eigenvalue weighted by Crippen LogP contribution is -2.22. The Balaban J connectivity index is 1.63. The third-order valence-corrected chi connectivity index (χ3v) is 6.49. The molecule has 0 aliphatic carbocycles. The van der Waals surface area contributed by atoms with E-state index in [-0.39, 0.29) is 17.2 Å². The summed E-state index contributed by atoms with van der Waals surface area (Å²) < 4.78 is 4.25. The van der Waals surface area contributed by atoms with Crippen LogP contribution in [0.3, 0.4) is 0 Å². The van der Waals surface area contributed by atoms with Gasteiger partial charge in [-0.2, -0.15) is 0 Å². The van der Waals surface area contributed by atoms with Gasteiger partial charge in [-0.1, -0.05) is 43.3 Å². The van der Waals surface area contributed by atoms with E-state index in [1.807, 2.05) is 47.0 Å². The second kappa shape index (κ2) is 8.38. The van der Waals surface area contributed by atoms with Gasteiger partial charge in [0, 0.05) is 12.2 Å². The number of hydrogen-bond acceptors (Lipinski definition) is 6. The summed E-state index contributed by atoms with van der Waals surface area (Å²) in [6, 6.07) is 9.57.